The third-order valence-corrected chi connectivity index (χ3v) is 3.99. The van der Waals surface area contributed by atoms with Crippen LogP contribution in [0.1, 0.15) is 16.0 Å². The van der Waals surface area contributed by atoms with Crippen LogP contribution < -0.4 is 5.32 Å². The second kappa shape index (κ2) is 3.42. The van der Waals surface area contributed by atoms with Crippen LogP contribution in [0.15, 0.2) is 35.7 Å². The smallest absolute Gasteiger partial charge is 0.265 e. The van der Waals surface area contributed by atoms with Crippen molar-refractivity contribution in [3.8, 4) is 0 Å². The summed E-state index contributed by atoms with van der Waals surface area (Å²) in [6, 6.07) is 9.05. The number of aliphatic hydroxyl groups is 1. The lowest BCUT2D eigenvalue weighted by molar-refractivity contribution is -0.129. The molecule has 0 radical (unpaired) electrons. The van der Waals surface area contributed by atoms with E-state index in [1.54, 1.807) is 12.1 Å². The molecule has 1 aromatic carbocycles. The van der Waals surface area contributed by atoms with Crippen molar-refractivity contribution in [1.29, 1.82) is 0 Å². The van der Waals surface area contributed by atoms with E-state index in [1.807, 2.05) is 30.5 Å². The molecule has 2 N–H and O–H groups in total. The first-order valence-corrected chi connectivity index (χ1v) is 6.20. The van der Waals surface area contributed by atoms with Crippen molar-refractivity contribution in [1.82, 2.24) is 0 Å². The molecule has 1 unspecified atom stereocenters. The highest BCUT2D eigenvalue weighted by Crippen LogP contribution is 2.42. The summed E-state index contributed by atoms with van der Waals surface area (Å²) in [5.74, 6) is -0.375. The molecule has 1 aromatic heterocycles. The van der Waals surface area contributed by atoms with Gasteiger partial charge in [0.1, 0.15) is 0 Å². The van der Waals surface area contributed by atoms with E-state index in [9.17, 15) is 9.90 Å². The predicted molar refractivity (Wildman–Crippen MR) is 67.1 cm³/mol. The SMILES string of the molecule is Cc1sccc1C1(O)C(=O)Nc2ccccc21. The van der Waals surface area contributed by atoms with Crippen LogP contribution in [0.3, 0.4) is 0 Å². The average molecular weight is 245 g/mol. The number of rotatable bonds is 1. The van der Waals surface area contributed by atoms with Gasteiger partial charge in [0, 0.05) is 21.7 Å². The summed E-state index contributed by atoms with van der Waals surface area (Å²) in [7, 11) is 0. The minimum Gasteiger partial charge on any atom is -0.372 e. The van der Waals surface area contributed by atoms with Crippen molar-refractivity contribution in [3.05, 3.63) is 51.7 Å². The second-order valence-electron chi connectivity index (χ2n) is 4.10. The molecule has 1 amide bonds. The van der Waals surface area contributed by atoms with Crippen LogP contribution >= 0.6 is 11.3 Å². The number of fused-ring (bicyclic) bond motifs is 1. The Morgan fingerprint density at radius 3 is 2.71 bits per heavy atom. The molecular weight excluding hydrogens is 234 g/mol. The van der Waals surface area contributed by atoms with Gasteiger partial charge in [0.15, 0.2) is 5.60 Å². The Kier molecular flexibility index (Phi) is 2.11. The molecule has 3 nitrogen and oxygen atoms in total. The number of hydrogen-bond donors (Lipinski definition) is 2. The lowest BCUT2D eigenvalue weighted by Gasteiger charge is -2.20. The van der Waals surface area contributed by atoms with Crippen LogP contribution in [-0.4, -0.2) is 11.0 Å². The molecule has 86 valence electrons. The molecular formula is C13H11NO2S. The van der Waals surface area contributed by atoms with Gasteiger partial charge in [0.25, 0.3) is 5.91 Å². The number of benzene rings is 1. The maximum Gasteiger partial charge on any atom is 0.265 e. The summed E-state index contributed by atoms with van der Waals surface area (Å²) in [6.45, 7) is 1.91. The first kappa shape index (κ1) is 10.5. The first-order chi connectivity index (χ1) is 8.14. The van der Waals surface area contributed by atoms with Gasteiger partial charge in [-0.3, -0.25) is 4.79 Å². The van der Waals surface area contributed by atoms with Crippen LogP contribution in [0.2, 0.25) is 0 Å². The molecule has 0 bridgehead atoms. The van der Waals surface area contributed by atoms with Gasteiger partial charge in [0.05, 0.1) is 0 Å². The van der Waals surface area contributed by atoms with Gasteiger partial charge >= 0.3 is 0 Å². The molecule has 3 rings (SSSR count). The highest BCUT2D eigenvalue weighted by molar-refractivity contribution is 7.10. The standard InChI is InChI=1S/C13H11NO2S/c1-8-9(6-7-17-8)13(16)10-4-2-3-5-11(10)14-12(13)15/h2-7,16H,1H3,(H,14,15). The average Bonchev–Trinajstić information content (AvgIpc) is 2.84. The van der Waals surface area contributed by atoms with Crippen molar-refractivity contribution in [2.24, 2.45) is 0 Å². The minimum absolute atomic E-state index is 0.375. The number of anilines is 1. The molecule has 0 saturated heterocycles. The molecule has 0 spiro atoms. The molecule has 1 aliphatic rings. The fraction of sp³-hybridized carbons (Fsp3) is 0.154. The highest BCUT2D eigenvalue weighted by Gasteiger charge is 2.47. The summed E-state index contributed by atoms with van der Waals surface area (Å²) < 4.78 is 0. The van der Waals surface area contributed by atoms with Crippen molar-refractivity contribution < 1.29 is 9.90 Å². The predicted octanol–water partition coefficient (Wildman–Crippen LogP) is 2.24. The number of aryl methyl sites for hydroxylation is 1. The quantitative estimate of drug-likeness (QED) is 0.809. The van der Waals surface area contributed by atoms with Gasteiger partial charge < -0.3 is 10.4 Å². The van der Waals surface area contributed by atoms with E-state index in [0.717, 1.165) is 4.88 Å². The van der Waals surface area contributed by atoms with E-state index in [4.69, 9.17) is 0 Å². The van der Waals surface area contributed by atoms with Gasteiger partial charge in [-0.25, -0.2) is 0 Å². The number of hydrogen-bond acceptors (Lipinski definition) is 3. The van der Waals surface area contributed by atoms with Crippen molar-refractivity contribution in [2.45, 2.75) is 12.5 Å². The van der Waals surface area contributed by atoms with Crippen LogP contribution in [0.5, 0.6) is 0 Å². The molecule has 0 fully saturated rings. The minimum atomic E-state index is -1.54. The van der Waals surface area contributed by atoms with Crippen molar-refractivity contribution in [3.63, 3.8) is 0 Å². The maximum absolute atomic E-state index is 12.0. The Hall–Kier alpha value is -1.65. The van der Waals surface area contributed by atoms with Gasteiger partial charge in [0.2, 0.25) is 0 Å². The Morgan fingerprint density at radius 2 is 2.00 bits per heavy atom. The van der Waals surface area contributed by atoms with Gasteiger partial charge in [-0.15, -0.1) is 11.3 Å². The molecule has 0 aliphatic carbocycles. The van der Waals surface area contributed by atoms with Crippen LogP contribution in [0.4, 0.5) is 5.69 Å². The fourth-order valence-corrected chi connectivity index (χ4v) is 3.02. The summed E-state index contributed by atoms with van der Waals surface area (Å²) in [4.78, 5) is 13.0. The molecule has 4 heteroatoms. The van der Waals surface area contributed by atoms with E-state index in [1.165, 1.54) is 11.3 Å². The highest BCUT2D eigenvalue weighted by atomic mass is 32.1. The van der Waals surface area contributed by atoms with Gasteiger partial charge in [-0.1, -0.05) is 18.2 Å². The number of para-hydroxylation sites is 1. The molecule has 17 heavy (non-hydrogen) atoms. The molecule has 2 heterocycles. The van der Waals surface area contributed by atoms with Crippen molar-refractivity contribution >= 4 is 22.9 Å². The molecule has 2 aromatic rings. The van der Waals surface area contributed by atoms with Crippen LogP contribution in [-0.2, 0) is 10.4 Å². The monoisotopic (exact) mass is 245 g/mol. The normalized spacial score (nSPS) is 22.4. The fourth-order valence-electron chi connectivity index (χ4n) is 2.27. The van der Waals surface area contributed by atoms with E-state index < -0.39 is 5.60 Å². The lowest BCUT2D eigenvalue weighted by atomic mass is 9.88. The van der Waals surface area contributed by atoms with Crippen molar-refractivity contribution in [2.75, 3.05) is 5.32 Å². The Labute approximate surface area is 103 Å². The summed E-state index contributed by atoms with van der Waals surface area (Å²) in [6.07, 6.45) is 0. The largest absolute Gasteiger partial charge is 0.372 e. The van der Waals surface area contributed by atoms with Gasteiger partial charge in [-0.2, -0.15) is 0 Å². The molecule has 1 atom stereocenters. The molecule has 0 saturated carbocycles. The zero-order valence-electron chi connectivity index (χ0n) is 9.23. The number of amides is 1. The first-order valence-electron chi connectivity index (χ1n) is 5.32. The third-order valence-electron chi connectivity index (χ3n) is 3.14. The van der Waals surface area contributed by atoms with E-state index in [-0.39, 0.29) is 5.91 Å². The maximum atomic E-state index is 12.0. The zero-order valence-corrected chi connectivity index (χ0v) is 10.0. The summed E-state index contributed by atoms with van der Waals surface area (Å²) in [5, 5.41) is 15.4. The number of nitrogens with one attached hydrogen (secondary N) is 1. The third kappa shape index (κ3) is 1.28. The number of carbonyl (C=O) groups is 1. The van der Waals surface area contributed by atoms with Crippen LogP contribution in [0, 0.1) is 6.92 Å². The zero-order chi connectivity index (χ0) is 12.0. The van der Waals surface area contributed by atoms with E-state index in [0.29, 0.717) is 16.8 Å². The Bertz CT molecular complexity index is 605. The van der Waals surface area contributed by atoms with Crippen LogP contribution in [0.25, 0.3) is 0 Å². The second-order valence-corrected chi connectivity index (χ2v) is 5.22. The Morgan fingerprint density at radius 1 is 1.24 bits per heavy atom. The molecule has 1 aliphatic heterocycles. The van der Waals surface area contributed by atoms with Gasteiger partial charge in [-0.05, 0) is 24.4 Å². The topological polar surface area (TPSA) is 49.3 Å². The van der Waals surface area contributed by atoms with E-state index >= 15 is 0 Å². The number of carbonyl (C=O) groups excluding carboxylic acids is 1. The summed E-state index contributed by atoms with van der Waals surface area (Å²) in [5.41, 5.74) is 0.447. The lowest BCUT2D eigenvalue weighted by Crippen LogP contribution is -2.35. The number of thiophene rings is 1. The van der Waals surface area contributed by atoms with E-state index in [2.05, 4.69) is 5.32 Å². The Balaban J connectivity index is 2.27. The summed E-state index contributed by atoms with van der Waals surface area (Å²) >= 11 is 1.53.